The Bertz CT molecular complexity index is 713. The Balaban J connectivity index is 1.82. The summed E-state index contributed by atoms with van der Waals surface area (Å²) in [5.74, 6) is 2.01. The van der Waals surface area contributed by atoms with Crippen LogP contribution in [0.5, 0.6) is 0 Å². The molecule has 8 nitrogen and oxygen atoms in total. The minimum Gasteiger partial charge on any atom is -0.378 e. The number of nitrogens with zero attached hydrogens (tertiary/aromatic N) is 6. The van der Waals surface area contributed by atoms with E-state index in [1.165, 1.54) is 0 Å². The molecular weight excluding hydrogens is 294 g/mol. The number of hydrogen-bond acceptors (Lipinski definition) is 8. The number of aromatic nitrogens is 4. The number of likely N-dealkylation sites (N-methyl/N-ethyl adjacent to an activating group) is 1. The van der Waals surface area contributed by atoms with Crippen molar-refractivity contribution in [1.82, 2.24) is 19.9 Å². The first-order chi connectivity index (χ1) is 11.2. The van der Waals surface area contributed by atoms with Gasteiger partial charge in [0.25, 0.3) is 0 Å². The normalized spacial score (nSPS) is 17.4. The van der Waals surface area contributed by atoms with Crippen molar-refractivity contribution in [3.05, 3.63) is 18.0 Å². The zero-order valence-electron chi connectivity index (χ0n) is 13.1. The van der Waals surface area contributed by atoms with E-state index in [-0.39, 0.29) is 5.95 Å². The Morgan fingerprint density at radius 3 is 2.57 bits per heavy atom. The first-order valence-corrected chi connectivity index (χ1v) is 7.75. The van der Waals surface area contributed by atoms with Crippen LogP contribution in [0.3, 0.4) is 0 Å². The lowest BCUT2D eigenvalue weighted by Gasteiger charge is -2.28. The second-order valence-corrected chi connectivity index (χ2v) is 5.78. The number of nitrogen functional groups attached to an aromatic ring is 1. The molecule has 23 heavy (non-hydrogen) atoms. The Kier molecular flexibility index (Phi) is 3.45. The van der Waals surface area contributed by atoms with Gasteiger partial charge >= 0.3 is 0 Å². The lowest BCUT2D eigenvalue weighted by atomic mass is 10.1. The zero-order chi connectivity index (χ0) is 15.8. The largest absolute Gasteiger partial charge is 0.378 e. The van der Waals surface area contributed by atoms with E-state index in [1.807, 2.05) is 0 Å². The van der Waals surface area contributed by atoms with E-state index >= 15 is 0 Å². The van der Waals surface area contributed by atoms with Crippen molar-refractivity contribution in [2.75, 3.05) is 55.4 Å². The fraction of sp³-hybridized carbons (Fsp3) is 0.467. The van der Waals surface area contributed by atoms with Crippen molar-refractivity contribution in [1.29, 1.82) is 0 Å². The summed E-state index contributed by atoms with van der Waals surface area (Å²) < 4.78 is 5.42. The van der Waals surface area contributed by atoms with E-state index in [4.69, 9.17) is 20.4 Å². The van der Waals surface area contributed by atoms with Crippen molar-refractivity contribution in [2.24, 2.45) is 0 Å². The summed E-state index contributed by atoms with van der Waals surface area (Å²) in [6.07, 6.45) is 4.38. The van der Waals surface area contributed by atoms with Crippen LogP contribution in [-0.4, -0.2) is 59.8 Å². The summed E-state index contributed by atoms with van der Waals surface area (Å²) in [6.45, 7) is 3.97. The highest BCUT2D eigenvalue weighted by atomic mass is 16.5. The van der Waals surface area contributed by atoms with Crippen LogP contribution in [0.2, 0.25) is 0 Å². The van der Waals surface area contributed by atoms with Gasteiger partial charge in [-0.05, 0) is 6.42 Å². The molecule has 0 aliphatic carbocycles. The van der Waals surface area contributed by atoms with Crippen LogP contribution < -0.4 is 15.5 Å². The molecule has 2 N–H and O–H groups in total. The molecule has 2 aliphatic rings. The molecule has 120 valence electrons. The highest BCUT2D eigenvalue weighted by Gasteiger charge is 2.26. The molecule has 0 bridgehead atoms. The second-order valence-electron chi connectivity index (χ2n) is 5.78. The van der Waals surface area contributed by atoms with Crippen LogP contribution in [-0.2, 0) is 11.2 Å². The number of hydrogen-bond donors (Lipinski definition) is 1. The molecule has 1 saturated heterocycles. The fourth-order valence-corrected chi connectivity index (χ4v) is 3.00. The van der Waals surface area contributed by atoms with E-state index in [0.717, 1.165) is 54.6 Å². The summed E-state index contributed by atoms with van der Waals surface area (Å²) in [4.78, 5) is 22.1. The van der Waals surface area contributed by atoms with Gasteiger partial charge in [-0.15, -0.1) is 0 Å². The molecule has 0 saturated carbocycles. The lowest BCUT2D eigenvalue weighted by Crippen LogP contribution is -2.37. The van der Waals surface area contributed by atoms with Gasteiger partial charge < -0.3 is 20.3 Å². The average Bonchev–Trinajstić information content (AvgIpc) is 2.97. The van der Waals surface area contributed by atoms with Gasteiger partial charge in [0.1, 0.15) is 5.82 Å². The van der Waals surface area contributed by atoms with Gasteiger partial charge in [0.05, 0.1) is 18.9 Å². The third kappa shape index (κ3) is 2.55. The van der Waals surface area contributed by atoms with E-state index < -0.39 is 0 Å². The number of anilines is 3. The van der Waals surface area contributed by atoms with E-state index in [2.05, 4.69) is 26.8 Å². The number of fused-ring (bicyclic) bond motifs is 1. The summed E-state index contributed by atoms with van der Waals surface area (Å²) in [6, 6.07) is 0. The highest BCUT2D eigenvalue weighted by Crippen LogP contribution is 2.34. The molecule has 4 rings (SSSR count). The van der Waals surface area contributed by atoms with Crippen LogP contribution in [0, 0.1) is 0 Å². The summed E-state index contributed by atoms with van der Waals surface area (Å²) in [5, 5.41) is 0. The van der Waals surface area contributed by atoms with Gasteiger partial charge in [0, 0.05) is 50.2 Å². The molecule has 0 radical (unpaired) electrons. The molecule has 2 aliphatic heterocycles. The Morgan fingerprint density at radius 2 is 1.83 bits per heavy atom. The molecule has 2 aromatic rings. The molecular formula is C15H19N7O. The quantitative estimate of drug-likeness (QED) is 0.848. The SMILES string of the molecule is CN1CCc2c(-c3cnc(N)nc3)nc(N3CCOCC3)nc21. The van der Waals surface area contributed by atoms with Crippen LogP contribution in [0.1, 0.15) is 5.56 Å². The third-order valence-corrected chi connectivity index (χ3v) is 4.27. The number of ether oxygens (including phenoxy) is 1. The molecule has 1 fully saturated rings. The maximum absolute atomic E-state index is 5.60. The van der Waals surface area contributed by atoms with Crippen LogP contribution >= 0.6 is 0 Å². The van der Waals surface area contributed by atoms with Crippen molar-refractivity contribution >= 4 is 17.7 Å². The third-order valence-electron chi connectivity index (χ3n) is 4.27. The van der Waals surface area contributed by atoms with Crippen LogP contribution in [0.4, 0.5) is 17.7 Å². The zero-order valence-corrected chi connectivity index (χ0v) is 13.1. The van der Waals surface area contributed by atoms with Gasteiger partial charge in [0.2, 0.25) is 11.9 Å². The predicted octanol–water partition coefficient (Wildman–Crippen LogP) is 0.345. The van der Waals surface area contributed by atoms with Crippen LogP contribution in [0.25, 0.3) is 11.3 Å². The maximum Gasteiger partial charge on any atom is 0.228 e. The average molecular weight is 313 g/mol. The molecule has 0 aromatic carbocycles. The minimum absolute atomic E-state index is 0.268. The first-order valence-electron chi connectivity index (χ1n) is 7.75. The van der Waals surface area contributed by atoms with Crippen LogP contribution in [0.15, 0.2) is 12.4 Å². The van der Waals surface area contributed by atoms with Crippen molar-refractivity contribution in [3.63, 3.8) is 0 Å². The summed E-state index contributed by atoms with van der Waals surface area (Å²) in [7, 11) is 2.06. The topological polar surface area (TPSA) is 93.3 Å². The smallest absolute Gasteiger partial charge is 0.228 e. The van der Waals surface area contributed by atoms with Gasteiger partial charge in [-0.25, -0.2) is 15.0 Å². The molecule has 4 heterocycles. The van der Waals surface area contributed by atoms with Crippen molar-refractivity contribution < 1.29 is 4.74 Å². The standard InChI is InChI=1S/C15H19N7O/c1-21-3-2-11-12(10-8-17-14(16)18-9-10)19-15(20-13(11)21)22-4-6-23-7-5-22/h8-9H,2-7H2,1H3,(H2,16,17,18). The lowest BCUT2D eigenvalue weighted by molar-refractivity contribution is 0.122. The molecule has 0 atom stereocenters. The Hall–Kier alpha value is -2.48. The second kappa shape index (κ2) is 5.62. The first kappa shape index (κ1) is 14.1. The van der Waals surface area contributed by atoms with Crippen molar-refractivity contribution in [2.45, 2.75) is 6.42 Å². The fourth-order valence-electron chi connectivity index (χ4n) is 3.00. The number of rotatable bonds is 2. The van der Waals surface area contributed by atoms with E-state index in [1.54, 1.807) is 12.4 Å². The monoisotopic (exact) mass is 313 g/mol. The number of nitrogens with two attached hydrogens (primary N) is 1. The molecule has 0 spiro atoms. The van der Waals surface area contributed by atoms with Crippen molar-refractivity contribution in [3.8, 4) is 11.3 Å². The molecule has 0 amide bonds. The molecule has 0 unspecified atom stereocenters. The highest BCUT2D eigenvalue weighted by molar-refractivity contribution is 5.72. The van der Waals surface area contributed by atoms with Gasteiger partial charge in [-0.2, -0.15) is 4.98 Å². The van der Waals surface area contributed by atoms with Gasteiger partial charge in [0.15, 0.2) is 0 Å². The van der Waals surface area contributed by atoms with E-state index in [0.29, 0.717) is 13.2 Å². The Labute approximate surface area is 134 Å². The molecule has 2 aromatic heterocycles. The predicted molar refractivity (Wildman–Crippen MR) is 87.5 cm³/mol. The minimum atomic E-state index is 0.268. The summed E-state index contributed by atoms with van der Waals surface area (Å²) in [5.41, 5.74) is 8.53. The summed E-state index contributed by atoms with van der Waals surface area (Å²) >= 11 is 0. The number of morpholine rings is 1. The Morgan fingerprint density at radius 1 is 1.09 bits per heavy atom. The van der Waals surface area contributed by atoms with Gasteiger partial charge in [-0.1, -0.05) is 0 Å². The van der Waals surface area contributed by atoms with Gasteiger partial charge in [-0.3, -0.25) is 0 Å². The molecule has 8 heteroatoms. The maximum atomic E-state index is 5.60. The van der Waals surface area contributed by atoms with E-state index in [9.17, 15) is 0 Å².